The molecule has 0 atom stereocenters. The zero-order chi connectivity index (χ0) is 14.2. The Morgan fingerprint density at radius 2 is 2.05 bits per heavy atom. The van der Waals surface area contributed by atoms with Gasteiger partial charge in [0.25, 0.3) is 0 Å². The summed E-state index contributed by atoms with van der Waals surface area (Å²) in [5, 5.41) is 0. The summed E-state index contributed by atoms with van der Waals surface area (Å²) in [4.78, 5) is 19.0. The molecule has 0 saturated heterocycles. The number of hydrogen-bond acceptors (Lipinski definition) is 3. The number of allylic oxidation sites excluding steroid dienone is 1. The standard InChI is InChI=1S/C15H23N3O/c1-6-13-16-14-12(18(13)10(2)3)8-7-11(15(14)19)9-17(4)5/h9-10H,6-8H2,1-5H3/b11-9-. The van der Waals surface area contributed by atoms with E-state index in [-0.39, 0.29) is 5.78 Å². The molecule has 0 saturated carbocycles. The number of aromatic nitrogens is 2. The number of rotatable bonds is 3. The van der Waals surface area contributed by atoms with Crippen LogP contribution in [0.4, 0.5) is 0 Å². The average Bonchev–Trinajstić information content (AvgIpc) is 2.71. The second-order valence-corrected chi connectivity index (χ2v) is 5.59. The smallest absolute Gasteiger partial charge is 0.210 e. The first kappa shape index (κ1) is 13.8. The predicted octanol–water partition coefficient (Wildman–Crippen LogP) is 2.60. The summed E-state index contributed by atoms with van der Waals surface area (Å²) in [5.74, 6) is 1.13. The molecule has 0 bridgehead atoms. The quantitative estimate of drug-likeness (QED) is 0.785. The zero-order valence-electron chi connectivity index (χ0n) is 12.5. The van der Waals surface area contributed by atoms with Crippen molar-refractivity contribution >= 4 is 5.78 Å². The van der Waals surface area contributed by atoms with Gasteiger partial charge in [0.2, 0.25) is 5.78 Å². The van der Waals surface area contributed by atoms with E-state index in [1.54, 1.807) is 0 Å². The van der Waals surface area contributed by atoms with Crippen LogP contribution in [0.1, 0.15) is 55.2 Å². The van der Waals surface area contributed by atoms with Gasteiger partial charge in [-0.05, 0) is 26.7 Å². The fourth-order valence-corrected chi connectivity index (χ4v) is 2.75. The molecule has 1 aliphatic rings. The Kier molecular flexibility index (Phi) is 3.78. The van der Waals surface area contributed by atoms with Crippen LogP contribution in [0, 0.1) is 0 Å². The summed E-state index contributed by atoms with van der Waals surface area (Å²) in [6.45, 7) is 6.39. The van der Waals surface area contributed by atoms with Crippen molar-refractivity contribution in [3.05, 3.63) is 29.0 Å². The minimum Gasteiger partial charge on any atom is -0.383 e. The molecule has 0 aromatic carbocycles. The van der Waals surface area contributed by atoms with Crippen LogP contribution >= 0.6 is 0 Å². The third-order valence-electron chi connectivity index (χ3n) is 3.47. The number of imidazole rings is 1. The van der Waals surface area contributed by atoms with Gasteiger partial charge in [0, 0.05) is 44.0 Å². The average molecular weight is 261 g/mol. The Labute approximate surface area is 115 Å². The summed E-state index contributed by atoms with van der Waals surface area (Å²) in [7, 11) is 3.89. The number of Topliss-reactive ketones (excluding diaryl/α,β-unsaturated/α-hetero) is 1. The van der Waals surface area contributed by atoms with Crippen LogP contribution < -0.4 is 0 Å². The maximum atomic E-state index is 12.5. The van der Waals surface area contributed by atoms with Crippen molar-refractivity contribution in [3.63, 3.8) is 0 Å². The maximum Gasteiger partial charge on any atom is 0.210 e. The molecule has 4 nitrogen and oxygen atoms in total. The number of ketones is 1. The van der Waals surface area contributed by atoms with E-state index in [1.807, 2.05) is 25.2 Å². The van der Waals surface area contributed by atoms with Crippen molar-refractivity contribution in [2.45, 2.75) is 46.1 Å². The summed E-state index contributed by atoms with van der Waals surface area (Å²) in [6, 6.07) is 0.360. The lowest BCUT2D eigenvalue weighted by Crippen LogP contribution is -2.19. The molecular weight excluding hydrogens is 238 g/mol. The lowest BCUT2D eigenvalue weighted by atomic mass is 9.94. The van der Waals surface area contributed by atoms with E-state index in [4.69, 9.17) is 0 Å². The summed E-state index contributed by atoms with van der Waals surface area (Å²) in [5.41, 5.74) is 2.66. The highest BCUT2D eigenvalue weighted by Crippen LogP contribution is 2.28. The highest BCUT2D eigenvalue weighted by atomic mass is 16.1. The Morgan fingerprint density at radius 3 is 2.58 bits per heavy atom. The Hall–Kier alpha value is -1.58. The van der Waals surface area contributed by atoms with Crippen molar-refractivity contribution in [1.29, 1.82) is 0 Å². The highest BCUT2D eigenvalue weighted by Gasteiger charge is 2.29. The predicted molar refractivity (Wildman–Crippen MR) is 76.4 cm³/mol. The third-order valence-corrected chi connectivity index (χ3v) is 3.47. The lowest BCUT2D eigenvalue weighted by molar-refractivity contribution is 0.101. The minimum absolute atomic E-state index is 0.101. The van der Waals surface area contributed by atoms with Gasteiger partial charge in [-0.1, -0.05) is 6.92 Å². The Bertz CT molecular complexity index is 524. The molecule has 2 rings (SSSR count). The largest absolute Gasteiger partial charge is 0.383 e. The first-order chi connectivity index (χ1) is 8.95. The first-order valence-electron chi connectivity index (χ1n) is 6.97. The molecule has 0 N–H and O–H groups in total. The van der Waals surface area contributed by atoms with Crippen LogP contribution in [-0.4, -0.2) is 34.3 Å². The van der Waals surface area contributed by atoms with Crippen molar-refractivity contribution in [2.24, 2.45) is 0 Å². The molecule has 104 valence electrons. The lowest BCUT2D eigenvalue weighted by Gasteiger charge is -2.20. The van der Waals surface area contributed by atoms with Gasteiger partial charge in [0.05, 0.1) is 0 Å². The molecule has 0 fully saturated rings. The number of aryl methyl sites for hydroxylation is 1. The van der Waals surface area contributed by atoms with Crippen molar-refractivity contribution in [2.75, 3.05) is 14.1 Å². The summed E-state index contributed by atoms with van der Waals surface area (Å²) >= 11 is 0. The van der Waals surface area contributed by atoms with Gasteiger partial charge in [0.15, 0.2) is 0 Å². The van der Waals surface area contributed by atoms with E-state index in [0.29, 0.717) is 11.7 Å². The zero-order valence-corrected chi connectivity index (χ0v) is 12.5. The summed E-state index contributed by atoms with van der Waals surface area (Å²) < 4.78 is 2.24. The number of nitrogens with zero attached hydrogens (tertiary/aromatic N) is 3. The van der Waals surface area contributed by atoms with Gasteiger partial charge >= 0.3 is 0 Å². The SMILES string of the molecule is CCc1nc2c(n1C(C)C)CC/C(=C/N(C)C)C2=O. The first-order valence-corrected chi connectivity index (χ1v) is 6.97. The molecule has 0 unspecified atom stereocenters. The van der Waals surface area contributed by atoms with Gasteiger partial charge in [-0.2, -0.15) is 0 Å². The molecule has 4 heteroatoms. The molecule has 19 heavy (non-hydrogen) atoms. The third kappa shape index (κ3) is 2.44. The topological polar surface area (TPSA) is 38.1 Å². The number of hydrogen-bond donors (Lipinski definition) is 0. The molecule has 1 heterocycles. The van der Waals surface area contributed by atoms with Gasteiger partial charge in [-0.25, -0.2) is 4.98 Å². The van der Waals surface area contributed by atoms with Crippen LogP contribution in [0.2, 0.25) is 0 Å². The molecule has 1 aromatic rings. The van der Waals surface area contributed by atoms with E-state index in [2.05, 4.69) is 30.3 Å². The van der Waals surface area contributed by atoms with Gasteiger partial charge in [0.1, 0.15) is 11.5 Å². The highest BCUT2D eigenvalue weighted by molar-refractivity contribution is 6.09. The van der Waals surface area contributed by atoms with E-state index >= 15 is 0 Å². The molecular formula is C15H23N3O. The van der Waals surface area contributed by atoms with Crippen LogP contribution in [0.3, 0.4) is 0 Å². The Morgan fingerprint density at radius 1 is 1.37 bits per heavy atom. The second-order valence-electron chi connectivity index (χ2n) is 5.59. The van der Waals surface area contributed by atoms with E-state index in [9.17, 15) is 4.79 Å². The molecule has 0 radical (unpaired) electrons. The molecule has 1 aliphatic carbocycles. The fourth-order valence-electron chi connectivity index (χ4n) is 2.75. The van der Waals surface area contributed by atoms with Crippen LogP contribution in [0.15, 0.2) is 11.8 Å². The number of fused-ring (bicyclic) bond motifs is 1. The summed E-state index contributed by atoms with van der Waals surface area (Å²) in [6.07, 6.45) is 4.51. The normalized spacial score (nSPS) is 17.2. The van der Waals surface area contributed by atoms with Crippen LogP contribution in [0.25, 0.3) is 0 Å². The van der Waals surface area contributed by atoms with Crippen molar-refractivity contribution < 1.29 is 4.79 Å². The monoisotopic (exact) mass is 261 g/mol. The van der Waals surface area contributed by atoms with Crippen molar-refractivity contribution in [3.8, 4) is 0 Å². The van der Waals surface area contributed by atoms with Gasteiger partial charge in [-0.3, -0.25) is 4.79 Å². The van der Waals surface area contributed by atoms with E-state index in [1.165, 1.54) is 0 Å². The molecule has 0 spiro atoms. The minimum atomic E-state index is 0.101. The molecule has 1 aromatic heterocycles. The van der Waals surface area contributed by atoms with Crippen molar-refractivity contribution in [1.82, 2.24) is 14.5 Å². The Balaban J connectivity index is 2.49. The van der Waals surface area contributed by atoms with Crippen LogP contribution in [0.5, 0.6) is 0 Å². The molecule has 0 amide bonds. The maximum absolute atomic E-state index is 12.5. The fraction of sp³-hybridized carbons (Fsp3) is 0.600. The second kappa shape index (κ2) is 5.19. The van der Waals surface area contributed by atoms with E-state index < -0.39 is 0 Å². The van der Waals surface area contributed by atoms with Gasteiger partial charge in [-0.15, -0.1) is 0 Å². The van der Waals surface area contributed by atoms with Crippen LogP contribution in [-0.2, 0) is 12.8 Å². The number of carbonyl (C=O) groups is 1. The van der Waals surface area contributed by atoms with E-state index in [0.717, 1.165) is 36.4 Å². The van der Waals surface area contributed by atoms with Gasteiger partial charge < -0.3 is 9.47 Å². The molecule has 0 aliphatic heterocycles. The number of carbonyl (C=O) groups excluding carboxylic acids is 1.